The molecule has 0 aliphatic carbocycles. The van der Waals surface area contributed by atoms with Gasteiger partial charge < -0.3 is 10.1 Å². The Morgan fingerprint density at radius 3 is 2.47 bits per heavy atom. The molecular weight excluding hydrogens is 448 g/mol. The smallest absolute Gasteiger partial charge is 0.256 e. The zero-order valence-electron chi connectivity index (χ0n) is 21.1. The SMILES string of the molecule is COc1ccc(-n2ncc(-c3cc(C(=O)Nc4cccc(C)c4C)c4cc(C)ccc4n3)c2C)cc1. The van der Waals surface area contributed by atoms with Crippen LogP contribution < -0.4 is 10.1 Å². The second-order valence-corrected chi connectivity index (χ2v) is 9.03. The predicted molar refractivity (Wildman–Crippen MR) is 144 cm³/mol. The predicted octanol–water partition coefficient (Wildman–Crippen LogP) is 6.58. The number of methoxy groups -OCH3 is 1. The molecule has 0 aliphatic heterocycles. The van der Waals surface area contributed by atoms with Gasteiger partial charge in [-0.15, -0.1) is 0 Å². The van der Waals surface area contributed by atoms with Crippen LogP contribution in [0.4, 0.5) is 5.69 Å². The molecule has 36 heavy (non-hydrogen) atoms. The molecule has 6 nitrogen and oxygen atoms in total. The topological polar surface area (TPSA) is 69.0 Å². The second-order valence-electron chi connectivity index (χ2n) is 9.03. The van der Waals surface area contributed by atoms with E-state index in [9.17, 15) is 4.79 Å². The number of aryl methyl sites for hydroxylation is 2. The first-order valence-corrected chi connectivity index (χ1v) is 11.8. The summed E-state index contributed by atoms with van der Waals surface area (Å²) in [5.41, 5.74) is 8.83. The Morgan fingerprint density at radius 2 is 1.72 bits per heavy atom. The molecule has 0 radical (unpaired) electrons. The lowest BCUT2D eigenvalue weighted by atomic mass is 10.0. The fourth-order valence-electron chi connectivity index (χ4n) is 4.39. The number of pyridine rings is 1. The van der Waals surface area contributed by atoms with Gasteiger partial charge in [-0.1, -0.05) is 23.8 Å². The average Bonchev–Trinajstić information content (AvgIpc) is 3.27. The van der Waals surface area contributed by atoms with Gasteiger partial charge in [0.1, 0.15) is 5.75 Å². The highest BCUT2D eigenvalue weighted by Gasteiger charge is 2.18. The van der Waals surface area contributed by atoms with Crippen LogP contribution in [0.5, 0.6) is 5.75 Å². The number of rotatable bonds is 5. The quantitative estimate of drug-likeness (QED) is 0.311. The first-order valence-electron chi connectivity index (χ1n) is 11.8. The highest BCUT2D eigenvalue weighted by Crippen LogP contribution is 2.30. The van der Waals surface area contributed by atoms with Crippen LogP contribution in [0, 0.1) is 27.7 Å². The molecule has 3 aromatic carbocycles. The largest absolute Gasteiger partial charge is 0.497 e. The molecule has 5 aromatic rings. The van der Waals surface area contributed by atoms with Crippen molar-refractivity contribution in [1.29, 1.82) is 0 Å². The summed E-state index contributed by atoms with van der Waals surface area (Å²) in [5.74, 6) is 0.623. The van der Waals surface area contributed by atoms with Crippen molar-refractivity contribution in [2.45, 2.75) is 27.7 Å². The molecule has 1 amide bonds. The Morgan fingerprint density at radius 1 is 0.944 bits per heavy atom. The number of fused-ring (bicyclic) bond motifs is 1. The van der Waals surface area contributed by atoms with E-state index in [4.69, 9.17) is 9.72 Å². The number of nitrogens with zero attached hydrogens (tertiary/aromatic N) is 3. The van der Waals surface area contributed by atoms with E-state index >= 15 is 0 Å². The van der Waals surface area contributed by atoms with E-state index in [2.05, 4.69) is 10.4 Å². The van der Waals surface area contributed by atoms with Gasteiger partial charge in [0, 0.05) is 16.6 Å². The molecule has 0 unspecified atom stereocenters. The normalized spacial score (nSPS) is 11.0. The maximum atomic E-state index is 13.6. The molecule has 2 aromatic heterocycles. The number of nitrogens with one attached hydrogen (secondary N) is 1. The standard InChI is InChI=1S/C30H28N4O2/c1-18-9-14-28-24(15-18)25(30(35)33-27-8-6-7-19(2)20(27)3)16-29(32-28)26-17-31-34(21(26)4)22-10-12-23(36-5)13-11-22/h6-17H,1-5H3,(H,33,35). The van der Waals surface area contributed by atoms with Crippen LogP contribution in [0.1, 0.15) is 32.7 Å². The number of amides is 1. The van der Waals surface area contributed by atoms with E-state index in [-0.39, 0.29) is 5.91 Å². The minimum atomic E-state index is -0.164. The third-order valence-corrected chi connectivity index (χ3v) is 6.66. The molecular formula is C30H28N4O2. The van der Waals surface area contributed by atoms with E-state index in [1.807, 2.05) is 99.1 Å². The number of hydrogen-bond acceptors (Lipinski definition) is 4. The van der Waals surface area contributed by atoms with Gasteiger partial charge in [-0.3, -0.25) is 4.79 Å². The van der Waals surface area contributed by atoms with Crippen molar-refractivity contribution in [3.63, 3.8) is 0 Å². The highest BCUT2D eigenvalue weighted by molar-refractivity contribution is 6.13. The maximum absolute atomic E-state index is 13.6. The van der Waals surface area contributed by atoms with Crippen LogP contribution in [0.15, 0.2) is 72.9 Å². The average molecular weight is 477 g/mol. The number of anilines is 1. The Kier molecular flexibility index (Phi) is 6.02. The summed E-state index contributed by atoms with van der Waals surface area (Å²) in [4.78, 5) is 18.5. The van der Waals surface area contributed by atoms with E-state index in [1.54, 1.807) is 13.3 Å². The summed E-state index contributed by atoms with van der Waals surface area (Å²) >= 11 is 0. The number of hydrogen-bond donors (Lipinski definition) is 1. The number of ether oxygens (including phenoxy) is 1. The van der Waals surface area contributed by atoms with Crippen molar-refractivity contribution in [3.8, 4) is 22.7 Å². The highest BCUT2D eigenvalue weighted by atomic mass is 16.5. The third kappa shape index (κ3) is 4.22. The van der Waals surface area contributed by atoms with E-state index in [0.717, 1.165) is 56.0 Å². The first kappa shape index (κ1) is 23.3. The summed E-state index contributed by atoms with van der Waals surface area (Å²) in [7, 11) is 1.65. The minimum absolute atomic E-state index is 0.164. The zero-order valence-corrected chi connectivity index (χ0v) is 21.1. The van der Waals surface area contributed by atoms with Gasteiger partial charge in [0.2, 0.25) is 0 Å². The first-order chi connectivity index (χ1) is 17.4. The molecule has 0 fully saturated rings. The third-order valence-electron chi connectivity index (χ3n) is 6.66. The number of benzene rings is 3. The second kappa shape index (κ2) is 9.30. The number of carbonyl (C=O) groups is 1. The molecule has 0 aliphatic rings. The summed E-state index contributed by atoms with van der Waals surface area (Å²) in [6, 6.07) is 21.5. The Balaban J connectivity index is 1.60. The molecule has 0 atom stereocenters. The summed E-state index contributed by atoms with van der Waals surface area (Å²) in [6.07, 6.45) is 1.80. The lowest BCUT2D eigenvalue weighted by Gasteiger charge is -2.13. The zero-order chi connectivity index (χ0) is 25.4. The van der Waals surface area contributed by atoms with Crippen molar-refractivity contribution in [3.05, 3.63) is 101 Å². The summed E-state index contributed by atoms with van der Waals surface area (Å²) in [5, 5.41) is 8.55. The molecule has 0 spiro atoms. The maximum Gasteiger partial charge on any atom is 0.256 e. The van der Waals surface area contributed by atoms with Crippen molar-refractivity contribution < 1.29 is 9.53 Å². The molecule has 0 saturated carbocycles. The van der Waals surface area contributed by atoms with E-state index in [1.165, 1.54) is 0 Å². The summed E-state index contributed by atoms with van der Waals surface area (Å²) in [6.45, 7) is 8.08. The van der Waals surface area contributed by atoms with Gasteiger partial charge in [0.15, 0.2) is 0 Å². The molecule has 1 N–H and O–H groups in total. The summed E-state index contributed by atoms with van der Waals surface area (Å²) < 4.78 is 7.14. The van der Waals surface area contributed by atoms with E-state index in [0.29, 0.717) is 11.3 Å². The van der Waals surface area contributed by atoms with Gasteiger partial charge in [0.05, 0.1) is 41.5 Å². The van der Waals surface area contributed by atoms with Crippen LogP contribution in [-0.2, 0) is 0 Å². The molecule has 0 saturated heterocycles. The number of aromatic nitrogens is 3. The monoisotopic (exact) mass is 476 g/mol. The fourth-order valence-corrected chi connectivity index (χ4v) is 4.39. The molecule has 2 heterocycles. The van der Waals surface area contributed by atoms with E-state index < -0.39 is 0 Å². The molecule has 180 valence electrons. The molecule has 5 rings (SSSR count). The minimum Gasteiger partial charge on any atom is -0.497 e. The van der Waals surface area contributed by atoms with Gasteiger partial charge in [-0.25, -0.2) is 9.67 Å². The van der Waals surface area contributed by atoms with Crippen molar-refractivity contribution >= 4 is 22.5 Å². The van der Waals surface area contributed by atoms with Crippen LogP contribution in [0.25, 0.3) is 27.8 Å². The van der Waals surface area contributed by atoms with Crippen molar-refractivity contribution in [2.24, 2.45) is 0 Å². The van der Waals surface area contributed by atoms with Crippen LogP contribution in [0.2, 0.25) is 0 Å². The van der Waals surface area contributed by atoms with Crippen LogP contribution in [0.3, 0.4) is 0 Å². The van der Waals surface area contributed by atoms with Crippen LogP contribution in [-0.4, -0.2) is 27.8 Å². The Hall–Kier alpha value is -4.45. The Labute approximate surface area is 210 Å². The Bertz CT molecular complexity index is 1600. The molecule has 6 heteroatoms. The van der Waals surface area contributed by atoms with Crippen molar-refractivity contribution in [1.82, 2.24) is 14.8 Å². The number of carbonyl (C=O) groups excluding carboxylic acids is 1. The van der Waals surface area contributed by atoms with Gasteiger partial charge in [-0.2, -0.15) is 5.10 Å². The van der Waals surface area contributed by atoms with Gasteiger partial charge >= 0.3 is 0 Å². The fraction of sp³-hybridized carbons (Fsp3) is 0.167. The van der Waals surface area contributed by atoms with Gasteiger partial charge in [-0.05, 0) is 87.4 Å². The van der Waals surface area contributed by atoms with Crippen LogP contribution >= 0.6 is 0 Å². The molecule has 0 bridgehead atoms. The van der Waals surface area contributed by atoms with Gasteiger partial charge in [0.25, 0.3) is 5.91 Å². The lowest BCUT2D eigenvalue weighted by Crippen LogP contribution is -2.14. The van der Waals surface area contributed by atoms with Crippen molar-refractivity contribution in [2.75, 3.05) is 12.4 Å². The lowest BCUT2D eigenvalue weighted by molar-refractivity contribution is 0.102.